The number of hydrogen-bond acceptors (Lipinski definition) is 4. The van der Waals surface area contributed by atoms with Crippen LogP contribution in [0.1, 0.15) is 35.7 Å². The van der Waals surface area contributed by atoms with Gasteiger partial charge in [0.1, 0.15) is 0 Å². The van der Waals surface area contributed by atoms with Gasteiger partial charge in [0, 0.05) is 30.3 Å². The summed E-state index contributed by atoms with van der Waals surface area (Å²) in [5, 5.41) is 19.0. The molecule has 4 heteroatoms. The largest absolute Gasteiger partial charge is 0.393 e. The number of hydrogen-bond donors (Lipinski definition) is 1. The lowest BCUT2D eigenvalue weighted by Gasteiger charge is -2.23. The van der Waals surface area contributed by atoms with Crippen molar-refractivity contribution in [3.8, 4) is 6.07 Å². The highest BCUT2D eigenvalue weighted by Crippen LogP contribution is 2.40. The van der Waals surface area contributed by atoms with E-state index in [1.165, 1.54) is 0 Å². The smallest absolute Gasteiger partial charge is 0.161 e. The Bertz CT molecular complexity index is 591. The maximum Gasteiger partial charge on any atom is 0.161 e. The van der Waals surface area contributed by atoms with E-state index in [2.05, 4.69) is 11.0 Å². The Morgan fingerprint density at radius 3 is 2.85 bits per heavy atom. The zero-order chi connectivity index (χ0) is 14.3. The fourth-order valence-electron chi connectivity index (χ4n) is 3.59. The molecule has 104 valence electrons. The second kappa shape index (κ2) is 4.92. The molecule has 1 aliphatic heterocycles. The highest BCUT2D eigenvalue weighted by Gasteiger charge is 2.42. The molecule has 1 saturated heterocycles. The third-order valence-corrected chi connectivity index (χ3v) is 4.67. The van der Waals surface area contributed by atoms with Crippen LogP contribution in [-0.4, -0.2) is 30.1 Å². The van der Waals surface area contributed by atoms with Crippen LogP contribution >= 0.6 is 0 Å². The SMILES string of the molecule is CC(=O)c1ccc(C#N)cc1N1CC2CCC(O)C2C1. The number of carbonyl (C=O) groups excluding carboxylic acids is 1. The van der Waals surface area contributed by atoms with Crippen molar-refractivity contribution in [3.63, 3.8) is 0 Å². The predicted molar refractivity (Wildman–Crippen MR) is 75.6 cm³/mol. The van der Waals surface area contributed by atoms with Gasteiger partial charge in [0.15, 0.2) is 5.78 Å². The summed E-state index contributed by atoms with van der Waals surface area (Å²) in [5.74, 6) is 0.832. The fraction of sp³-hybridized carbons (Fsp3) is 0.500. The Morgan fingerprint density at radius 2 is 2.20 bits per heavy atom. The zero-order valence-electron chi connectivity index (χ0n) is 11.5. The summed E-state index contributed by atoms with van der Waals surface area (Å²) < 4.78 is 0. The number of fused-ring (bicyclic) bond motifs is 1. The van der Waals surface area contributed by atoms with Gasteiger partial charge in [-0.2, -0.15) is 5.26 Å². The number of aliphatic hydroxyl groups excluding tert-OH is 1. The Balaban J connectivity index is 1.94. The van der Waals surface area contributed by atoms with Crippen LogP contribution in [0.15, 0.2) is 18.2 Å². The third kappa shape index (κ3) is 2.08. The first-order valence-corrected chi connectivity index (χ1v) is 7.08. The summed E-state index contributed by atoms with van der Waals surface area (Å²) in [5.41, 5.74) is 2.08. The minimum absolute atomic E-state index is 0.0158. The number of nitriles is 1. The molecule has 1 heterocycles. The van der Waals surface area contributed by atoms with Gasteiger partial charge in [-0.3, -0.25) is 4.79 Å². The summed E-state index contributed by atoms with van der Waals surface area (Å²) in [7, 11) is 0. The van der Waals surface area contributed by atoms with Gasteiger partial charge < -0.3 is 10.0 Å². The molecule has 0 spiro atoms. The number of ketones is 1. The molecule has 20 heavy (non-hydrogen) atoms. The van der Waals surface area contributed by atoms with Crippen molar-refractivity contribution in [1.82, 2.24) is 0 Å². The van der Waals surface area contributed by atoms with Crippen molar-refractivity contribution in [2.75, 3.05) is 18.0 Å². The van der Waals surface area contributed by atoms with Crippen molar-refractivity contribution in [1.29, 1.82) is 5.26 Å². The van der Waals surface area contributed by atoms with E-state index in [4.69, 9.17) is 5.26 Å². The number of anilines is 1. The Hall–Kier alpha value is -1.86. The Labute approximate surface area is 118 Å². The van der Waals surface area contributed by atoms with E-state index in [0.717, 1.165) is 31.6 Å². The van der Waals surface area contributed by atoms with Crippen LogP contribution in [0.2, 0.25) is 0 Å². The molecular weight excluding hydrogens is 252 g/mol. The van der Waals surface area contributed by atoms with E-state index in [1.807, 2.05) is 0 Å². The summed E-state index contributed by atoms with van der Waals surface area (Å²) >= 11 is 0. The summed E-state index contributed by atoms with van der Waals surface area (Å²) in [6.45, 7) is 3.20. The first-order valence-electron chi connectivity index (χ1n) is 7.08. The second-order valence-electron chi connectivity index (χ2n) is 5.87. The van der Waals surface area contributed by atoms with Gasteiger partial charge in [0.25, 0.3) is 0 Å². The number of aliphatic hydroxyl groups is 1. The molecule has 0 bridgehead atoms. The van der Waals surface area contributed by atoms with Gasteiger partial charge in [0.2, 0.25) is 0 Å². The first kappa shape index (κ1) is 13.1. The predicted octanol–water partition coefficient (Wildman–Crippen LogP) is 1.97. The average Bonchev–Trinajstić information content (AvgIpc) is 3.00. The van der Waals surface area contributed by atoms with Gasteiger partial charge >= 0.3 is 0 Å². The molecule has 1 aliphatic carbocycles. The molecule has 1 aromatic carbocycles. The van der Waals surface area contributed by atoms with Gasteiger partial charge in [-0.1, -0.05) is 0 Å². The molecule has 3 unspecified atom stereocenters. The maximum absolute atomic E-state index is 11.8. The topological polar surface area (TPSA) is 64.3 Å². The van der Waals surface area contributed by atoms with Crippen LogP contribution in [0, 0.1) is 23.2 Å². The molecule has 0 radical (unpaired) electrons. The molecule has 1 N–H and O–H groups in total. The van der Waals surface area contributed by atoms with Crippen LogP contribution in [0.25, 0.3) is 0 Å². The van der Waals surface area contributed by atoms with Crippen molar-refractivity contribution < 1.29 is 9.90 Å². The van der Waals surface area contributed by atoms with Crippen molar-refractivity contribution in [3.05, 3.63) is 29.3 Å². The highest BCUT2D eigenvalue weighted by molar-refractivity contribution is 6.00. The molecule has 3 atom stereocenters. The molecule has 3 rings (SSSR count). The summed E-state index contributed by atoms with van der Waals surface area (Å²) in [6.07, 6.45) is 1.72. The van der Waals surface area contributed by atoms with Crippen molar-refractivity contribution in [2.45, 2.75) is 25.9 Å². The van der Waals surface area contributed by atoms with Crippen LogP contribution in [-0.2, 0) is 0 Å². The van der Waals surface area contributed by atoms with Crippen LogP contribution in [0.5, 0.6) is 0 Å². The fourth-order valence-corrected chi connectivity index (χ4v) is 3.59. The lowest BCUT2D eigenvalue weighted by Crippen LogP contribution is -2.25. The standard InChI is InChI=1S/C16H18N2O2/c1-10(19)13-4-2-11(7-17)6-15(13)18-8-12-3-5-16(20)14(12)9-18/h2,4,6,12,14,16,20H,3,5,8-9H2,1H3. The number of Topliss-reactive ketones (excluding diaryl/α,β-unsaturated/α-hetero) is 1. The van der Waals surface area contributed by atoms with E-state index >= 15 is 0 Å². The number of nitrogens with zero attached hydrogens (tertiary/aromatic N) is 2. The van der Waals surface area contributed by atoms with E-state index in [-0.39, 0.29) is 11.9 Å². The van der Waals surface area contributed by atoms with Crippen LogP contribution in [0.3, 0.4) is 0 Å². The Morgan fingerprint density at radius 1 is 1.40 bits per heavy atom. The molecule has 0 amide bonds. The van der Waals surface area contributed by atoms with Crippen molar-refractivity contribution in [2.24, 2.45) is 11.8 Å². The van der Waals surface area contributed by atoms with Crippen LogP contribution in [0.4, 0.5) is 5.69 Å². The first-order chi connectivity index (χ1) is 9.60. The summed E-state index contributed by atoms with van der Waals surface area (Å²) in [6, 6.07) is 7.35. The van der Waals surface area contributed by atoms with Crippen LogP contribution < -0.4 is 4.90 Å². The molecule has 1 aromatic rings. The molecule has 2 aliphatic rings. The molecule has 1 saturated carbocycles. The van der Waals surface area contributed by atoms with E-state index in [1.54, 1.807) is 25.1 Å². The lowest BCUT2D eigenvalue weighted by molar-refractivity contribution is 0.101. The minimum Gasteiger partial charge on any atom is -0.393 e. The monoisotopic (exact) mass is 270 g/mol. The second-order valence-corrected chi connectivity index (χ2v) is 5.87. The van der Waals surface area contributed by atoms with E-state index in [9.17, 15) is 9.90 Å². The molecular formula is C16H18N2O2. The molecule has 0 aromatic heterocycles. The minimum atomic E-state index is -0.218. The van der Waals surface area contributed by atoms with Gasteiger partial charge in [-0.15, -0.1) is 0 Å². The summed E-state index contributed by atoms with van der Waals surface area (Å²) in [4.78, 5) is 13.9. The number of rotatable bonds is 2. The quantitative estimate of drug-likeness (QED) is 0.834. The van der Waals surface area contributed by atoms with E-state index < -0.39 is 0 Å². The Kier molecular flexibility index (Phi) is 3.23. The maximum atomic E-state index is 11.8. The van der Waals surface area contributed by atoms with Gasteiger partial charge in [0.05, 0.1) is 17.7 Å². The van der Waals surface area contributed by atoms with Crippen molar-refractivity contribution >= 4 is 11.5 Å². The van der Waals surface area contributed by atoms with Gasteiger partial charge in [-0.25, -0.2) is 0 Å². The third-order valence-electron chi connectivity index (χ3n) is 4.67. The average molecular weight is 270 g/mol. The van der Waals surface area contributed by atoms with Gasteiger partial charge in [-0.05, 0) is 43.9 Å². The highest BCUT2D eigenvalue weighted by atomic mass is 16.3. The lowest BCUT2D eigenvalue weighted by atomic mass is 10.00. The molecule has 2 fully saturated rings. The number of benzene rings is 1. The number of carbonyl (C=O) groups is 1. The zero-order valence-corrected chi connectivity index (χ0v) is 11.5. The normalized spacial score (nSPS) is 28.2. The van der Waals surface area contributed by atoms with E-state index in [0.29, 0.717) is 23.0 Å². The molecule has 4 nitrogen and oxygen atoms in total.